The van der Waals surface area contributed by atoms with E-state index in [1.54, 1.807) is 0 Å². The van der Waals surface area contributed by atoms with E-state index in [2.05, 4.69) is 23.3 Å². The molecule has 0 aliphatic rings. The Morgan fingerprint density at radius 1 is 1.28 bits per heavy atom. The van der Waals surface area contributed by atoms with Crippen LogP contribution < -0.4 is 5.73 Å². The molecule has 0 amide bonds. The zero-order chi connectivity index (χ0) is 13.0. The Balaban J connectivity index is 2.01. The molecule has 0 saturated carbocycles. The van der Waals surface area contributed by atoms with Gasteiger partial charge in [0, 0.05) is 24.0 Å². The Labute approximate surface area is 113 Å². The van der Waals surface area contributed by atoms with Crippen molar-refractivity contribution in [2.75, 3.05) is 6.54 Å². The Morgan fingerprint density at radius 3 is 2.56 bits per heavy atom. The summed E-state index contributed by atoms with van der Waals surface area (Å²) in [5.41, 5.74) is 8.36. The van der Waals surface area contributed by atoms with Crippen LogP contribution in [0.2, 0.25) is 5.02 Å². The van der Waals surface area contributed by atoms with Gasteiger partial charge in [0.2, 0.25) is 0 Å². The lowest BCUT2D eigenvalue weighted by molar-refractivity contribution is 0.603. The van der Waals surface area contributed by atoms with Crippen LogP contribution in [0.1, 0.15) is 23.6 Å². The summed E-state index contributed by atoms with van der Waals surface area (Å²) in [6, 6.07) is 10.0. The highest BCUT2D eigenvalue weighted by Gasteiger charge is 2.10. The zero-order valence-electron chi connectivity index (χ0n) is 10.5. The number of halogens is 1. The molecule has 1 unspecified atom stereocenters. The van der Waals surface area contributed by atoms with E-state index in [4.69, 9.17) is 17.3 Å². The summed E-state index contributed by atoms with van der Waals surface area (Å²) in [7, 11) is 1.97. The summed E-state index contributed by atoms with van der Waals surface area (Å²) in [5, 5.41) is 4.94. The first-order valence-electron chi connectivity index (χ1n) is 6.13. The van der Waals surface area contributed by atoms with Crippen molar-refractivity contribution in [3.8, 4) is 0 Å². The van der Waals surface area contributed by atoms with Crippen LogP contribution in [0.3, 0.4) is 0 Å². The maximum Gasteiger partial charge on any atom is 0.0492 e. The number of nitrogens with zero attached hydrogens (tertiary/aromatic N) is 2. The molecule has 1 atom stereocenters. The van der Waals surface area contributed by atoms with E-state index in [1.165, 1.54) is 11.3 Å². The lowest BCUT2D eigenvalue weighted by Gasteiger charge is -2.15. The Kier molecular flexibility index (Phi) is 4.39. The molecule has 0 radical (unpaired) electrons. The second-order valence-corrected chi connectivity index (χ2v) is 4.91. The number of rotatable bonds is 5. The molecule has 0 bridgehead atoms. The van der Waals surface area contributed by atoms with Gasteiger partial charge in [-0.15, -0.1) is 0 Å². The van der Waals surface area contributed by atoms with Crippen LogP contribution in [0, 0.1) is 0 Å². The molecular weight excluding hydrogens is 246 g/mol. The Hall–Kier alpha value is -1.32. The maximum atomic E-state index is 5.90. The van der Waals surface area contributed by atoms with Crippen molar-refractivity contribution < 1.29 is 0 Å². The molecule has 2 aromatic rings. The van der Waals surface area contributed by atoms with E-state index < -0.39 is 0 Å². The molecule has 0 saturated heterocycles. The van der Waals surface area contributed by atoms with Crippen molar-refractivity contribution in [3.05, 3.63) is 52.8 Å². The molecule has 1 heterocycles. The molecule has 0 aliphatic heterocycles. The van der Waals surface area contributed by atoms with Gasteiger partial charge in [-0.3, -0.25) is 4.68 Å². The normalized spacial score (nSPS) is 12.6. The smallest absolute Gasteiger partial charge is 0.0492 e. The summed E-state index contributed by atoms with van der Waals surface area (Å²) in [6.45, 7) is 0.652. The standard InChI is InChI=1S/C14H18ClN3/c1-18-14(8-9-17-18)7-4-12(10-16)11-2-5-13(15)6-3-11/h2-3,5-6,8-9,12H,4,7,10,16H2,1H3. The maximum absolute atomic E-state index is 5.90. The first-order chi connectivity index (χ1) is 8.70. The lowest BCUT2D eigenvalue weighted by Crippen LogP contribution is -2.14. The first kappa shape index (κ1) is 13.1. The zero-order valence-corrected chi connectivity index (χ0v) is 11.3. The third-order valence-corrected chi connectivity index (χ3v) is 3.55. The number of benzene rings is 1. The minimum atomic E-state index is 0.372. The van der Waals surface area contributed by atoms with Gasteiger partial charge in [0.1, 0.15) is 0 Å². The molecule has 3 nitrogen and oxygen atoms in total. The van der Waals surface area contributed by atoms with Gasteiger partial charge in [-0.25, -0.2) is 0 Å². The molecule has 0 aliphatic carbocycles. The average Bonchev–Trinajstić information content (AvgIpc) is 2.78. The molecule has 1 aromatic heterocycles. The van der Waals surface area contributed by atoms with E-state index in [0.717, 1.165) is 17.9 Å². The summed E-state index contributed by atoms with van der Waals surface area (Å²) in [4.78, 5) is 0. The van der Waals surface area contributed by atoms with Crippen LogP contribution >= 0.6 is 11.6 Å². The number of aromatic nitrogens is 2. The fourth-order valence-corrected chi connectivity index (χ4v) is 2.25. The largest absolute Gasteiger partial charge is 0.330 e. The van der Waals surface area contributed by atoms with Gasteiger partial charge in [0.25, 0.3) is 0 Å². The van der Waals surface area contributed by atoms with Gasteiger partial charge in [-0.05, 0) is 49.1 Å². The van der Waals surface area contributed by atoms with Crippen LogP contribution in [-0.2, 0) is 13.5 Å². The molecule has 1 aromatic carbocycles. The fraction of sp³-hybridized carbons (Fsp3) is 0.357. The summed E-state index contributed by atoms with van der Waals surface area (Å²) < 4.78 is 1.91. The number of hydrogen-bond acceptors (Lipinski definition) is 2. The van der Waals surface area contributed by atoms with Gasteiger partial charge in [-0.2, -0.15) is 5.10 Å². The van der Waals surface area contributed by atoms with Crippen LogP contribution in [0.15, 0.2) is 36.5 Å². The monoisotopic (exact) mass is 263 g/mol. The summed E-state index contributed by atoms with van der Waals surface area (Å²) in [6.07, 6.45) is 3.84. The summed E-state index contributed by atoms with van der Waals surface area (Å²) >= 11 is 5.90. The highest BCUT2D eigenvalue weighted by atomic mass is 35.5. The molecule has 96 valence electrons. The van der Waals surface area contributed by atoms with Crippen LogP contribution in [0.25, 0.3) is 0 Å². The van der Waals surface area contributed by atoms with Crippen molar-refractivity contribution in [2.24, 2.45) is 12.8 Å². The van der Waals surface area contributed by atoms with E-state index in [-0.39, 0.29) is 0 Å². The van der Waals surface area contributed by atoms with Crippen LogP contribution in [-0.4, -0.2) is 16.3 Å². The summed E-state index contributed by atoms with van der Waals surface area (Å²) in [5.74, 6) is 0.372. The number of hydrogen-bond donors (Lipinski definition) is 1. The molecule has 0 spiro atoms. The van der Waals surface area contributed by atoms with Crippen molar-refractivity contribution in [3.63, 3.8) is 0 Å². The first-order valence-corrected chi connectivity index (χ1v) is 6.51. The van der Waals surface area contributed by atoms with Gasteiger partial charge >= 0.3 is 0 Å². The van der Waals surface area contributed by atoms with Gasteiger partial charge < -0.3 is 5.73 Å². The molecule has 0 fully saturated rings. The predicted molar refractivity (Wildman–Crippen MR) is 74.8 cm³/mol. The minimum Gasteiger partial charge on any atom is -0.330 e. The SMILES string of the molecule is Cn1nccc1CCC(CN)c1ccc(Cl)cc1. The van der Waals surface area contributed by atoms with Crippen molar-refractivity contribution in [2.45, 2.75) is 18.8 Å². The molecule has 2 N–H and O–H groups in total. The minimum absolute atomic E-state index is 0.372. The molecule has 4 heteroatoms. The molecule has 2 rings (SSSR count). The second-order valence-electron chi connectivity index (χ2n) is 4.47. The van der Waals surface area contributed by atoms with E-state index in [9.17, 15) is 0 Å². The third-order valence-electron chi connectivity index (χ3n) is 3.30. The number of nitrogens with two attached hydrogens (primary N) is 1. The quantitative estimate of drug-likeness (QED) is 0.902. The van der Waals surface area contributed by atoms with E-state index >= 15 is 0 Å². The van der Waals surface area contributed by atoms with E-state index in [0.29, 0.717) is 12.5 Å². The van der Waals surface area contributed by atoms with E-state index in [1.807, 2.05) is 30.1 Å². The lowest BCUT2D eigenvalue weighted by atomic mass is 9.94. The number of aryl methyl sites for hydroxylation is 2. The van der Waals surface area contributed by atoms with Crippen LogP contribution in [0.4, 0.5) is 0 Å². The van der Waals surface area contributed by atoms with Gasteiger partial charge in [0.15, 0.2) is 0 Å². The molecular formula is C14H18ClN3. The highest BCUT2D eigenvalue weighted by Crippen LogP contribution is 2.22. The average molecular weight is 264 g/mol. The Morgan fingerprint density at radius 2 is 2.00 bits per heavy atom. The van der Waals surface area contributed by atoms with Gasteiger partial charge in [0.05, 0.1) is 0 Å². The Bertz CT molecular complexity index is 490. The predicted octanol–water partition coefficient (Wildman–Crippen LogP) is 2.75. The third kappa shape index (κ3) is 3.12. The topological polar surface area (TPSA) is 43.8 Å². The van der Waals surface area contributed by atoms with Crippen molar-refractivity contribution in [1.29, 1.82) is 0 Å². The van der Waals surface area contributed by atoms with Gasteiger partial charge in [-0.1, -0.05) is 23.7 Å². The second kappa shape index (κ2) is 6.03. The van der Waals surface area contributed by atoms with Crippen molar-refractivity contribution >= 4 is 11.6 Å². The van der Waals surface area contributed by atoms with Crippen molar-refractivity contribution in [1.82, 2.24) is 9.78 Å². The fourth-order valence-electron chi connectivity index (χ4n) is 2.12. The highest BCUT2D eigenvalue weighted by molar-refractivity contribution is 6.30. The molecule has 18 heavy (non-hydrogen) atoms. The van der Waals surface area contributed by atoms with Crippen LogP contribution in [0.5, 0.6) is 0 Å².